The van der Waals surface area contributed by atoms with Crippen LogP contribution in [0.2, 0.25) is 5.02 Å². The fourth-order valence-corrected chi connectivity index (χ4v) is 4.36. The molecule has 0 saturated heterocycles. The fourth-order valence-electron chi connectivity index (χ4n) is 2.64. The molecule has 150 valence electrons. The van der Waals surface area contributed by atoms with Gasteiger partial charge in [-0.3, -0.25) is 9.52 Å². The Labute approximate surface area is 179 Å². The van der Waals surface area contributed by atoms with Crippen molar-refractivity contribution in [3.63, 3.8) is 0 Å². The average Bonchev–Trinajstić information content (AvgIpc) is 2.69. The van der Waals surface area contributed by atoms with Gasteiger partial charge in [-0.1, -0.05) is 17.7 Å². The lowest BCUT2D eigenvalue weighted by molar-refractivity contribution is 0.102. The van der Waals surface area contributed by atoms with Gasteiger partial charge in [0.1, 0.15) is 0 Å². The van der Waals surface area contributed by atoms with Crippen LogP contribution in [0.3, 0.4) is 0 Å². The maximum Gasteiger partial charge on any atom is 0.261 e. The van der Waals surface area contributed by atoms with Gasteiger partial charge in [0.15, 0.2) is 0 Å². The molecule has 0 unspecified atom stereocenters. The van der Waals surface area contributed by atoms with E-state index in [0.717, 1.165) is 4.90 Å². The fraction of sp³-hybridized carbons (Fsp3) is 0.0952. The van der Waals surface area contributed by atoms with Crippen LogP contribution in [0.15, 0.2) is 76.5 Å². The number of hydrogen-bond donors (Lipinski definition) is 2. The molecule has 2 N–H and O–H groups in total. The van der Waals surface area contributed by atoms with Crippen LogP contribution in [0.4, 0.5) is 11.4 Å². The van der Waals surface area contributed by atoms with E-state index in [1.807, 2.05) is 12.3 Å². The molecule has 5 nitrogen and oxygen atoms in total. The van der Waals surface area contributed by atoms with Crippen molar-refractivity contribution >= 4 is 50.7 Å². The molecule has 0 aliphatic carbocycles. The van der Waals surface area contributed by atoms with E-state index in [2.05, 4.69) is 10.0 Å². The van der Waals surface area contributed by atoms with E-state index in [1.54, 1.807) is 55.5 Å². The Morgan fingerprint density at radius 2 is 1.72 bits per heavy atom. The van der Waals surface area contributed by atoms with Crippen LogP contribution in [0.1, 0.15) is 15.9 Å². The molecule has 8 heteroatoms. The van der Waals surface area contributed by atoms with E-state index >= 15 is 0 Å². The summed E-state index contributed by atoms with van der Waals surface area (Å²) in [5.74, 6) is -0.299. The zero-order valence-electron chi connectivity index (χ0n) is 15.8. The topological polar surface area (TPSA) is 75.3 Å². The summed E-state index contributed by atoms with van der Waals surface area (Å²) in [5, 5.41) is 3.33. The minimum absolute atomic E-state index is 0.119. The standard InChI is InChI=1S/C21H19ClN2O3S2/c1-14-12-19(29(26,27)24-17-4-3-5-18(13-17)28-2)10-11-20(14)23-21(25)15-6-8-16(22)9-7-15/h3-13,24H,1-2H3,(H,23,25). The highest BCUT2D eigenvalue weighted by Crippen LogP contribution is 2.24. The number of carbonyl (C=O) groups is 1. The minimum atomic E-state index is -3.75. The first-order chi connectivity index (χ1) is 13.8. The van der Waals surface area contributed by atoms with Crippen molar-refractivity contribution in [2.45, 2.75) is 16.7 Å². The molecule has 0 aliphatic heterocycles. The normalized spacial score (nSPS) is 11.1. The summed E-state index contributed by atoms with van der Waals surface area (Å²) in [7, 11) is -3.75. The van der Waals surface area contributed by atoms with Gasteiger partial charge in [0.2, 0.25) is 0 Å². The molecule has 3 aromatic carbocycles. The number of benzene rings is 3. The second-order valence-corrected chi connectivity index (χ2v) is 9.27. The Hall–Kier alpha value is -2.48. The quantitative estimate of drug-likeness (QED) is 0.495. The summed E-state index contributed by atoms with van der Waals surface area (Å²) >= 11 is 7.37. The third kappa shape index (κ3) is 5.32. The van der Waals surface area contributed by atoms with Crippen molar-refractivity contribution < 1.29 is 13.2 Å². The highest BCUT2D eigenvalue weighted by atomic mass is 35.5. The monoisotopic (exact) mass is 446 g/mol. The van der Waals surface area contributed by atoms with Gasteiger partial charge < -0.3 is 5.32 Å². The van der Waals surface area contributed by atoms with E-state index in [-0.39, 0.29) is 10.8 Å². The maximum atomic E-state index is 12.7. The number of rotatable bonds is 6. The number of hydrogen-bond acceptors (Lipinski definition) is 4. The van der Waals surface area contributed by atoms with E-state index in [1.165, 1.54) is 23.9 Å². The summed E-state index contributed by atoms with van der Waals surface area (Å²) in [6.45, 7) is 1.74. The van der Waals surface area contributed by atoms with Gasteiger partial charge in [0, 0.05) is 26.9 Å². The lowest BCUT2D eigenvalue weighted by Gasteiger charge is -2.12. The number of aryl methyl sites for hydroxylation is 1. The minimum Gasteiger partial charge on any atom is -0.322 e. The predicted octanol–water partition coefficient (Wildman–Crippen LogP) is 5.42. The van der Waals surface area contributed by atoms with Crippen molar-refractivity contribution in [2.24, 2.45) is 0 Å². The predicted molar refractivity (Wildman–Crippen MR) is 120 cm³/mol. The molecule has 0 fully saturated rings. The highest BCUT2D eigenvalue weighted by Gasteiger charge is 2.16. The van der Waals surface area contributed by atoms with Crippen molar-refractivity contribution in [1.82, 2.24) is 0 Å². The number of amides is 1. The summed E-state index contributed by atoms with van der Waals surface area (Å²) < 4.78 is 28.0. The molecule has 0 heterocycles. The van der Waals surface area contributed by atoms with Crippen LogP contribution in [-0.4, -0.2) is 20.6 Å². The van der Waals surface area contributed by atoms with Crippen molar-refractivity contribution in [3.8, 4) is 0 Å². The SMILES string of the molecule is CSc1cccc(NS(=O)(=O)c2ccc(NC(=O)c3ccc(Cl)cc3)c(C)c2)c1. The molecule has 0 aromatic heterocycles. The van der Waals surface area contributed by atoms with Gasteiger partial charge in [0.25, 0.3) is 15.9 Å². The molecule has 0 saturated carbocycles. The molecule has 3 aromatic rings. The van der Waals surface area contributed by atoms with Crippen molar-refractivity contribution in [1.29, 1.82) is 0 Å². The highest BCUT2D eigenvalue weighted by molar-refractivity contribution is 7.98. The van der Waals surface area contributed by atoms with Crippen LogP contribution < -0.4 is 10.0 Å². The Bertz CT molecular complexity index is 1150. The Morgan fingerprint density at radius 3 is 2.38 bits per heavy atom. The molecule has 0 aliphatic rings. The van der Waals surface area contributed by atoms with Crippen molar-refractivity contribution in [2.75, 3.05) is 16.3 Å². The molecule has 0 bridgehead atoms. The lowest BCUT2D eigenvalue weighted by Crippen LogP contribution is -2.15. The van der Waals surface area contributed by atoms with Crippen LogP contribution in [0, 0.1) is 6.92 Å². The number of anilines is 2. The molecule has 0 atom stereocenters. The Morgan fingerprint density at radius 1 is 1.00 bits per heavy atom. The molecule has 3 rings (SSSR count). The Balaban J connectivity index is 1.79. The zero-order valence-corrected chi connectivity index (χ0v) is 18.2. The van der Waals surface area contributed by atoms with Crippen LogP contribution in [0.25, 0.3) is 0 Å². The molecule has 29 heavy (non-hydrogen) atoms. The van der Waals surface area contributed by atoms with Gasteiger partial charge in [-0.2, -0.15) is 0 Å². The third-order valence-corrected chi connectivity index (χ3v) is 6.54. The number of thioether (sulfide) groups is 1. The van der Waals surface area contributed by atoms with E-state index in [9.17, 15) is 13.2 Å². The molecular formula is C21H19ClN2O3S2. The third-order valence-electron chi connectivity index (χ3n) is 4.18. The molecule has 1 amide bonds. The van der Waals surface area contributed by atoms with Gasteiger partial charge >= 0.3 is 0 Å². The zero-order chi connectivity index (χ0) is 21.0. The summed E-state index contributed by atoms with van der Waals surface area (Å²) in [6, 6.07) is 18.3. The van der Waals surface area contributed by atoms with Gasteiger partial charge in [-0.15, -0.1) is 11.8 Å². The van der Waals surface area contributed by atoms with Crippen LogP contribution in [0.5, 0.6) is 0 Å². The van der Waals surface area contributed by atoms with Crippen LogP contribution >= 0.6 is 23.4 Å². The second-order valence-electron chi connectivity index (χ2n) is 6.28. The lowest BCUT2D eigenvalue weighted by atomic mass is 10.1. The largest absolute Gasteiger partial charge is 0.322 e. The van der Waals surface area contributed by atoms with E-state index in [4.69, 9.17) is 11.6 Å². The number of sulfonamides is 1. The smallest absolute Gasteiger partial charge is 0.261 e. The second kappa shape index (κ2) is 8.90. The van der Waals surface area contributed by atoms with Crippen LogP contribution in [-0.2, 0) is 10.0 Å². The number of nitrogens with one attached hydrogen (secondary N) is 2. The first kappa shape index (κ1) is 21.2. The van der Waals surface area contributed by atoms with E-state index in [0.29, 0.717) is 27.5 Å². The first-order valence-corrected chi connectivity index (χ1v) is 11.7. The van der Waals surface area contributed by atoms with Gasteiger partial charge in [-0.05, 0) is 79.4 Å². The molecular weight excluding hydrogens is 428 g/mol. The summed E-state index contributed by atoms with van der Waals surface area (Å²) in [5.41, 5.74) is 2.12. The average molecular weight is 447 g/mol. The summed E-state index contributed by atoms with van der Waals surface area (Å²) in [6.07, 6.45) is 1.92. The first-order valence-electron chi connectivity index (χ1n) is 8.63. The van der Waals surface area contributed by atoms with Gasteiger partial charge in [-0.25, -0.2) is 8.42 Å². The molecule has 0 spiro atoms. The van der Waals surface area contributed by atoms with E-state index < -0.39 is 10.0 Å². The molecule has 0 radical (unpaired) electrons. The summed E-state index contributed by atoms with van der Waals surface area (Å²) in [4.78, 5) is 13.5. The number of halogens is 1. The van der Waals surface area contributed by atoms with Gasteiger partial charge in [0.05, 0.1) is 4.90 Å². The Kier molecular flexibility index (Phi) is 6.52. The number of carbonyl (C=O) groups excluding carboxylic acids is 1. The maximum absolute atomic E-state index is 12.7. The van der Waals surface area contributed by atoms with Crippen molar-refractivity contribution in [3.05, 3.63) is 82.9 Å².